The molecule has 5 heteroatoms. The van der Waals surface area contributed by atoms with E-state index in [0.29, 0.717) is 12.8 Å². The van der Waals surface area contributed by atoms with Gasteiger partial charge in [-0.3, -0.25) is 9.79 Å². The monoisotopic (exact) mass is 194 g/mol. The van der Waals surface area contributed by atoms with Gasteiger partial charge in [-0.25, -0.2) is 0 Å². The fourth-order valence-corrected chi connectivity index (χ4v) is 1.86. The second-order valence-corrected chi connectivity index (χ2v) is 3.89. The van der Waals surface area contributed by atoms with Crippen LogP contribution in [0.25, 0.3) is 0 Å². The second-order valence-electron chi connectivity index (χ2n) is 3.89. The number of rotatable bonds is 2. The number of hydrogen-bond acceptors (Lipinski definition) is 3. The lowest BCUT2D eigenvalue weighted by Crippen LogP contribution is -2.43. The number of carbonyl (C=O) groups is 1. The van der Waals surface area contributed by atoms with Gasteiger partial charge >= 0.3 is 0 Å². The lowest BCUT2D eigenvalue weighted by Gasteiger charge is -2.33. The summed E-state index contributed by atoms with van der Waals surface area (Å²) in [6.45, 7) is 1.40. The van der Waals surface area contributed by atoms with E-state index in [1.165, 1.54) is 6.92 Å². The summed E-state index contributed by atoms with van der Waals surface area (Å²) in [6, 6.07) is -0.123. The molecule has 0 spiro atoms. The molecular formula is C9H15BN2O2. The summed E-state index contributed by atoms with van der Waals surface area (Å²) in [6.07, 6.45) is 2.45. The van der Waals surface area contributed by atoms with Gasteiger partial charge in [0.1, 0.15) is 5.60 Å². The first-order valence-corrected chi connectivity index (χ1v) is 4.76. The summed E-state index contributed by atoms with van der Waals surface area (Å²) in [7, 11) is 5.25. The third-order valence-corrected chi connectivity index (χ3v) is 2.69. The number of Topliss-reactive ketones (excluding diaryl/α,β-unsaturated/α-hetero) is 1. The highest BCUT2D eigenvalue weighted by molar-refractivity contribution is 6.58. The van der Waals surface area contributed by atoms with Crippen LogP contribution in [-0.4, -0.2) is 36.1 Å². The maximum atomic E-state index is 11.2. The van der Waals surface area contributed by atoms with Crippen molar-refractivity contribution in [3.63, 3.8) is 0 Å². The largest absolute Gasteiger partial charge is 0.397 e. The predicted octanol–water partition coefficient (Wildman–Crippen LogP) is -0.268. The van der Waals surface area contributed by atoms with Crippen molar-refractivity contribution in [1.29, 1.82) is 0 Å². The molecule has 76 valence electrons. The number of aliphatic hydroxyl groups is 1. The van der Waals surface area contributed by atoms with Crippen LogP contribution < -0.4 is 5.73 Å². The van der Waals surface area contributed by atoms with Crippen LogP contribution in [0.3, 0.4) is 0 Å². The number of nitrogens with zero attached hydrogens (tertiary/aromatic N) is 1. The molecule has 2 radical (unpaired) electrons. The van der Waals surface area contributed by atoms with Crippen molar-refractivity contribution in [2.75, 3.05) is 0 Å². The van der Waals surface area contributed by atoms with E-state index in [9.17, 15) is 9.90 Å². The SMILES string of the molecule is [B]C(N)=NC1CCCC(O)(C(C)=O)C1. The van der Waals surface area contributed by atoms with E-state index in [-0.39, 0.29) is 17.6 Å². The Labute approximate surface area is 85.0 Å². The Morgan fingerprint density at radius 3 is 2.86 bits per heavy atom. The van der Waals surface area contributed by atoms with Gasteiger partial charge in [0.2, 0.25) is 0 Å². The molecular weight excluding hydrogens is 179 g/mol. The van der Waals surface area contributed by atoms with Crippen molar-refractivity contribution in [1.82, 2.24) is 0 Å². The Balaban J connectivity index is 2.69. The summed E-state index contributed by atoms with van der Waals surface area (Å²) in [5, 5.41) is 9.93. The van der Waals surface area contributed by atoms with E-state index < -0.39 is 5.60 Å². The van der Waals surface area contributed by atoms with Crippen LogP contribution in [0.2, 0.25) is 0 Å². The van der Waals surface area contributed by atoms with Gasteiger partial charge < -0.3 is 10.8 Å². The fraction of sp³-hybridized carbons (Fsp3) is 0.778. The highest BCUT2D eigenvalue weighted by atomic mass is 16.3. The van der Waals surface area contributed by atoms with E-state index in [0.717, 1.165) is 12.8 Å². The molecule has 0 aliphatic heterocycles. The second kappa shape index (κ2) is 4.13. The van der Waals surface area contributed by atoms with Gasteiger partial charge in [0.05, 0.1) is 6.04 Å². The minimum Gasteiger partial charge on any atom is -0.397 e. The Hall–Kier alpha value is -0.835. The molecule has 0 heterocycles. The van der Waals surface area contributed by atoms with Crippen molar-refractivity contribution < 1.29 is 9.90 Å². The Kier molecular flexibility index (Phi) is 3.31. The van der Waals surface area contributed by atoms with Gasteiger partial charge in [0.25, 0.3) is 0 Å². The first-order valence-electron chi connectivity index (χ1n) is 4.76. The fourth-order valence-electron chi connectivity index (χ4n) is 1.86. The summed E-state index contributed by atoms with van der Waals surface area (Å²) < 4.78 is 0. The highest BCUT2D eigenvalue weighted by Crippen LogP contribution is 2.30. The van der Waals surface area contributed by atoms with Crippen LogP contribution in [0.1, 0.15) is 32.6 Å². The first-order chi connectivity index (χ1) is 6.44. The van der Waals surface area contributed by atoms with Gasteiger partial charge in [-0.2, -0.15) is 0 Å². The molecule has 2 unspecified atom stereocenters. The average Bonchev–Trinajstić information content (AvgIpc) is 2.02. The molecule has 0 aromatic rings. The van der Waals surface area contributed by atoms with Crippen molar-refractivity contribution in [3.8, 4) is 0 Å². The number of amidine groups is 1. The van der Waals surface area contributed by atoms with Crippen LogP contribution in [0.4, 0.5) is 0 Å². The van der Waals surface area contributed by atoms with Crippen LogP contribution in [0.15, 0.2) is 4.99 Å². The maximum absolute atomic E-state index is 11.2. The van der Waals surface area contributed by atoms with Crippen molar-refractivity contribution in [2.45, 2.75) is 44.2 Å². The zero-order valence-corrected chi connectivity index (χ0v) is 8.36. The lowest BCUT2D eigenvalue weighted by molar-refractivity contribution is -0.138. The van der Waals surface area contributed by atoms with E-state index in [4.69, 9.17) is 13.6 Å². The Morgan fingerprint density at radius 1 is 1.71 bits per heavy atom. The van der Waals surface area contributed by atoms with Gasteiger partial charge in [0, 0.05) is 12.2 Å². The van der Waals surface area contributed by atoms with Crippen LogP contribution in [-0.2, 0) is 4.79 Å². The number of aliphatic imine (C=N–C) groups is 1. The van der Waals surface area contributed by atoms with Crippen molar-refractivity contribution >= 4 is 19.4 Å². The van der Waals surface area contributed by atoms with Crippen LogP contribution in [0, 0.1) is 0 Å². The molecule has 4 nitrogen and oxygen atoms in total. The topological polar surface area (TPSA) is 75.7 Å². The molecule has 14 heavy (non-hydrogen) atoms. The third kappa shape index (κ3) is 2.58. The number of nitrogens with two attached hydrogens (primary N) is 1. The molecule has 1 aliphatic rings. The summed E-state index contributed by atoms with van der Waals surface area (Å²) in [5.41, 5.74) is 4.05. The molecule has 0 aromatic carbocycles. The molecule has 3 N–H and O–H groups in total. The Bertz CT molecular complexity index is 264. The summed E-state index contributed by atoms with van der Waals surface area (Å²) in [5.74, 6) is -0.201. The van der Waals surface area contributed by atoms with E-state index in [2.05, 4.69) is 4.99 Å². The van der Waals surface area contributed by atoms with E-state index >= 15 is 0 Å². The maximum Gasteiger partial charge on any atom is 0.165 e. The average molecular weight is 194 g/mol. The van der Waals surface area contributed by atoms with E-state index in [1.807, 2.05) is 0 Å². The minimum atomic E-state index is -1.22. The number of carbonyl (C=O) groups excluding carboxylic acids is 1. The van der Waals surface area contributed by atoms with Crippen LogP contribution >= 0.6 is 0 Å². The zero-order valence-electron chi connectivity index (χ0n) is 8.36. The first kappa shape index (κ1) is 11.2. The molecule has 1 aliphatic carbocycles. The Morgan fingerprint density at radius 2 is 2.36 bits per heavy atom. The molecule has 2 atom stereocenters. The van der Waals surface area contributed by atoms with Crippen molar-refractivity contribution in [3.05, 3.63) is 0 Å². The standard InChI is InChI=1S/C9H15BN2O2/c1-6(13)9(14)4-2-3-7(5-9)12-8(10)11/h7,14H,2-5H2,1H3,(H2,11,12). The van der Waals surface area contributed by atoms with Crippen LogP contribution in [0.5, 0.6) is 0 Å². The predicted molar refractivity (Wildman–Crippen MR) is 55.3 cm³/mol. The zero-order chi connectivity index (χ0) is 10.8. The highest BCUT2D eigenvalue weighted by Gasteiger charge is 2.38. The van der Waals surface area contributed by atoms with Gasteiger partial charge in [-0.05, 0) is 26.2 Å². The number of hydrogen-bond donors (Lipinski definition) is 2. The summed E-state index contributed by atoms with van der Waals surface area (Å²) in [4.78, 5) is 15.2. The quantitative estimate of drug-likeness (QED) is 0.361. The molecule has 1 rings (SSSR count). The van der Waals surface area contributed by atoms with Gasteiger partial charge in [-0.1, -0.05) is 0 Å². The smallest absolute Gasteiger partial charge is 0.165 e. The molecule has 0 bridgehead atoms. The molecule has 1 saturated carbocycles. The van der Waals surface area contributed by atoms with Gasteiger partial charge in [0.15, 0.2) is 13.6 Å². The molecule has 0 saturated heterocycles. The third-order valence-electron chi connectivity index (χ3n) is 2.69. The normalized spacial score (nSPS) is 34.1. The lowest BCUT2D eigenvalue weighted by atomic mass is 9.79. The van der Waals surface area contributed by atoms with Crippen molar-refractivity contribution in [2.24, 2.45) is 10.7 Å². The minimum absolute atomic E-state index is 0.0165. The molecule has 1 fully saturated rings. The van der Waals surface area contributed by atoms with E-state index in [1.54, 1.807) is 0 Å². The molecule has 0 amide bonds. The number of ketones is 1. The molecule has 0 aromatic heterocycles. The summed E-state index contributed by atoms with van der Waals surface area (Å²) >= 11 is 0. The van der Waals surface area contributed by atoms with Gasteiger partial charge in [-0.15, -0.1) is 0 Å².